The summed E-state index contributed by atoms with van der Waals surface area (Å²) in [5, 5.41) is 21.3. The van der Waals surface area contributed by atoms with E-state index in [1.165, 1.54) is 6.07 Å². The Morgan fingerprint density at radius 3 is 2.74 bits per heavy atom. The van der Waals surface area contributed by atoms with Gasteiger partial charge in [0.1, 0.15) is 11.4 Å². The summed E-state index contributed by atoms with van der Waals surface area (Å²) in [6.45, 7) is 8.21. The van der Waals surface area contributed by atoms with Crippen LogP contribution in [0.2, 0.25) is 0 Å². The SMILES string of the molecule is CCNC(=NCC(C)(O)c1ccsc1)NCC(c1cccc(F)c1)N1CCOCC1.I. The molecule has 2 unspecified atom stereocenters. The molecule has 172 valence electrons. The van der Waals surface area contributed by atoms with Crippen molar-refractivity contribution in [2.45, 2.75) is 25.5 Å². The first-order valence-electron chi connectivity index (χ1n) is 10.3. The number of thiophene rings is 1. The van der Waals surface area contributed by atoms with Crippen LogP contribution in [0.15, 0.2) is 46.1 Å². The van der Waals surface area contributed by atoms with E-state index in [0.717, 1.165) is 24.2 Å². The molecular formula is C22H32FIN4O2S. The Bertz CT molecular complexity index is 814. The van der Waals surface area contributed by atoms with Gasteiger partial charge in [-0.3, -0.25) is 4.90 Å². The summed E-state index contributed by atoms with van der Waals surface area (Å²) in [5.41, 5.74) is 0.748. The zero-order valence-electron chi connectivity index (χ0n) is 18.0. The van der Waals surface area contributed by atoms with Crippen LogP contribution in [0.4, 0.5) is 4.39 Å². The van der Waals surface area contributed by atoms with Crippen molar-refractivity contribution in [3.8, 4) is 0 Å². The van der Waals surface area contributed by atoms with E-state index in [-0.39, 0.29) is 42.4 Å². The highest BCUT2D eigenvalue weighted by Crippen LogP contribution is 2.24. The summed E-state index contributed by atoms with van der Waals surface area (Å²) in [6.07, 6.45) is 0. The van der Waals surface area contributed by atoms with Gasteiger partial charge in [-0.05, 0) is 53.9 Å². The van der Waals surface area contributed by atoms with E-state index in [1.807, 2.05) is 29.8 Å². The maximum Gasteiger partial charge on any atom is 0.191 e. The number of hydrogen-bond donors (Lipinski definition) is 3. The molecule has 3 N–H and O–H groups in total. The quantitative estimate of drug-likeness (QED) is 0.262. The lowest BCUT2D eigenvalue weighted by molar-refractivity contribution is 0.0169. The van der Waals surface area contributed by atoms with Gasteiger partial charge in [0.2, 0.25) is 0 Å². The van der Waals surface area contributed by atoms with Crippen LogP contribution in [0.5, 0.6) is 0 Å². The lowest BCUT2D eigenvalue weighted by atomic mass is 10.00. The molecule has 1 aromatic heterocycles. The van der Waals surface area contributed by atoms with Gasteiger partial charge in [-0.1, -0.05) is 12.1 Å². The molecule has 9 heteroatoms. The van der Waals surface area contributed by atoms with Crippen LogP contribution in [0.1, 0.15) is 31.0 Å². The van der Waals surface area contributed by atoms with Gasteiger partial charge in [0.15, 0.2) is 5.96 Å². The van der Waals surface area contributed by atoms with Gasteiger partial charge in [-0.15, -0.1) is 24.0 Å². The largest absolute Gasteiger partial charge is 0.383 e. The maximum absolute atomic E-state index is 13.9. The number of benzene rings is 1. The number of nitrogens with one attached hydrogen (secondary N) is 2. The van der Waals surface area contributed by atoms with Crippen LogP contribution in [0, 0.1) is 5.82 Å². The standard InChI is InChI=1S/C22H31FN4O2S.HI/c1-3-24-21(26-16-22(2,28)18-7-12-30-15-18)25-14-20(27-8-10-29-11-9-27)17-5-4-6-19(23)13-17;/h4-7,12-13,15,20,28H,3,8-11,14,16H2,1-2H3,(H2,24,25,26);1H. The predicted octanol–water partition coefficient (Wildman–Crippen LogP) is 3.34. The zero-order chi connectivity index (χ0) is 21.4. The number of morpholine rings is 1. The second kappa shape index (κ2) is 12.7. The monoisotopic (exact) mass is 562 g/mol. The van der Waals surface area contributed by atoms with Gasteiger partial charge in [0.05, 0.1) is 25.8 Å². The fraction of sp³-hybridized carbons (Fsp3) is 0.500. The summed E-state index contributed by atoms with van der Waals surface area (Å²) < 4.78 is 19.4. The van der Waals surface area contributed by atoms with Gasteiger partial charge in [0.25, 0.3) is 0 Å². The Morgan fingerprint density at radius 2 is 2.10 bits per heavy atom. The molecular weight excluding hydrogens is 530 g/mol. The first kappa shape index (κ1) is 26.0. The number of aliphatic hydroxyl groups is 1. The Morgan fingerprint density at radius 1 is 1.32 bits per heavy atom. The molecule has 1 aliphatic heterocycles. The average molecular weight is 562 g/mol. The first-order chi connectivity index (χ1) is 14.5. The van der Waals surface area contributed by atoms with Crippen LogP contribution >= 0.6 is 35.3 Å². The molecule has 1 saturated heterocycles. The van der Waals surface area contributed by atoms with Crippen molar-refractivity contribution in [2.75, 3.05) is 45.9 Å². The fourth-order valence-electron chi connectivity index (χ4n) is 3.49. The fourth-order valence-corrected chi connectivity index (χ4v) is 4.27. The molecule has 0 aliphatic carbocycles. The van der Waals surface area contributed by atoms with Crippen molar-refractivity contribution >= 4 is 41.3 Å². The smallest absolute Gasteiger partial charge is 0.191 e. The van der Waals surface area contributed by atoms with Gasteiger partial charge in [0, 0.05) is 26.2 Å². The number of guanidine groups is 1. The second-order valence-electron chi connectivity index (χ2n) is 7.58. The van der Waals surface area contributed by atoms with Crippen LogP contribution in [0.3, 0.4) is 0 Å². The molecule has 1 aromatic carbocycles. The predicted molar refractivity (Wildman–Crippen MR) is 135 cm³/mol. The van der Waals surface area contributed by atoms with Crippen molar-refractivity contribution in [2.24, 2.45) is 4.99 Å². The normalized spacial score (nSPS) is 18.0. The van der Waals surface area contributed by atoms with Crippen molar-refractivity contribution in [3.05, 3.63) is 58.0 Å². The summed E-state index contributed by atoms with van der Waals surface area (Å²) in [4.78, 5) is 6.90. The summed E-state index contributed by atoms with van der Waals surface area (Å²) in [5.74, 6) is 0.390. The topological polar surface area (TPSA) is 69.1 Å². The lowest BCUT2D eigenvalue weighted by Gasteiger charge is -2.35. The van der Waals surface area contributed by atoms with E-state index in [9.17, 15) is 9.50 Å². The third-order valence-electron chi connectivity index (χ3n) is 5.22. The van der Waals surface area contributed by atoms with Crippen molar-refractivity contribution in [3.63, 3.8) is 0 Å². The minimum Gasteiger partial charge on any atom is -0.383 e. The van der Waals surface area contributed by atoms with Crippen molar-refractivity contribution in [1.29, 1.82) is 0 Å². The number of aliphatic imine (C=N–C) groups is 1. The highest BCUT2D eigenvalue weighted by atomic mass is 127. The molecule has 6 nitrogen and oxygen atoms in total. The van der Waals surface area contributed by atoms with E-state index in [0.29, 0.717) is 32.3 Å². The van der Waals surface area contributed by atoms with Crippen LogP contribution < -0.4 is 10.6 Å². The molecule has 2 aromatic rings. The van der Waals surface area contributed by atoms with Gasteiger partial charge in [-0.25, -0.2) is 9.38 Å². The molecule has 0 amide bonds. The lowest BCUT2D eigenvalue weighted by Crippen LogP contribution is -2.46. The Labute approximate surface area is 204 Å². The Balaban J connectivity index is 0.00000341. The highest BCUT2D eigenvalue weighted by Gasteiger charge is 2.25. The van der Waals surface area contributed by atoms with E-state index >= 15 is 0 Å². The number of nitrogens with zero attached hydrogens (tertiary/aromatic N) is 2. The number of ether oxygens (including phenoxy) is 1. The molecule has 0 radical (unpaired) electrons. The summed E-state index contributed by atoms with van der Waals surface area (Å²) in [7, 11) is 0. The van der Waals surface area contributed by atoms with E-state index < -0.39 is 5.60 Å². The molecule has 2 heterocycles. The Kier molecular flexibility index (Phi) is 10.6. The number of halogens is 2. The first-order valence-corrected chi connectivity index (χ1v) is 11.3. The Hall–Kier alpha value is -1.27. The minimum absolute atomic E-state index is 0. The van der Waals surface area contributed by atoms with Crippen LogP contribution in [0.25, 0.3) is 0 Å². The maximum atomic E-state index is 13.9. The van der Waals surface area contributed by atoms with Crippen molar-refractivity contribution in [1.82, 2.24) is 15.5 Å². The second-order valence-corrected chi connectivity index (χ2v) is 8.36. The van der Waals surface area contributed by atoms with Gasteiger partial charge < -0.3 is 20.5 Å². The average Bonchev–Trinajstić information content (AvgIpc) is 3.29. The zero-order valence-corrected chi connectivity index (χ0v) is 21.2. The van der Waals surface area contributed by atoms with Gasteiger partial charge >= 0.3 is 0 Å². The van der Waals surface area contributed by atoms with Gasteiger partial charge in [-0.2, -0.15) is 11.3 Å². The molecule has 1 aliphatic rings. The molecule has 0 spiro atoms. The highest BCUT2D eigenvalue weighted by molar-refractivity contribution is 14.0. The molecule has 3 rings (SSSR count). The molecule has 0 bridgehead atoms. The summed E-state index contributed by atoms with van der Waals surface area (Å²) in [6, 6.07) is 8.66. The van der Waals surface area contributed by atoms with Crippen molar-refractivity contribution < 1.29 is 14.2 Å². The van der Waals surface area contributed by atoms with E-state index in [4.69, 9.17) is 4.74 Å². The molecule has 2 atom stereocenters. The van der Waals surface area contributed by atoms with E-state index in [1.54, 1.807) is 30.4 Å². The van der Waals surface area contributed by atoms with Crippen LogP contribution in [-0.2, 0) is 10.3 Å². The molecule has 1 fully saturated rings. The third kappa shape index (κ3) is 7.67. The summed E-state index contributed by atoms with van der Waals surface area (Å²) >= 11 is 1.55. The minimum atomic E-state index is -1.03. The molecule has 31 heavy (non-hydrogen) atoms. The number of hydrogen-bond acceptors (Lipinski definition) is 5. The molecule has 0 saturated carbocycles. The third-order valence-corrected chi connectivity index (χ3v) is 5.90. The van der Waals surface area contributed by atoms with Crippen LogP contribution in [-0.4, -0.2) is 61.9 Å². The van der Waals surface area contributed by atoms with E-state index in [2.05, 4.69) is 20.5 Å². The number of rotatable bonds is 8.